The van der Waals surface area contributed by atoms with E-state index in [4.69, 9.17) is 5.53 Å². The van der Waals surface area contributed by atoms with Crippen molar-refractivity contribution in [2.45, 2.75) is 39.7 Å². The maximum absolute atomic E-state index is 11.2. The monoisotopic (exact) mass is 198 g/mol. The molecule has 0 heterocycles. The predicted octanol–water partition coefficient (Wildman–Crippen LogP) is 2.24. The van der Waals surface area contributed by atoms with E-state index in [-0.39, 0.29) is 18.4 Å². The highest BCUT2D eigenvalue weighted by Gasteiger charge is 2.28. The van der Waals surface area contributed by atoms with Crippen LogP contribution in [0.25, 0.3) is 10.4 Å². The van der Waals surface area contributed by atoms with E-state index in [9.17, 15) is 4.79 Å². The summed E-state index contributed by atoms with van der Waals surface area (Å²) >= 11 is 0. The minimum atomic E-state index is -0.445. The molecule has 0 aromatic heterocycles. The number of nitrogens with zero attached hydrogens (tertiary/aromatic N) is 3. The Kier molecular flexibility index (Phi) is 5.02. The van der Waals surface area contributed by atoms with Gasteiger partial charge in [0.15, 0.2) is 0 Å². The normalized spacial score (nSPS) is 14.4. The van der Waals surface area contributed by atoms with Crippen molar-refractivity contribution in [1.29, 1.82) is 0 Å². The molecule has 1 atom stereocenters. The fraction of sp³-hybridized carbons (Fsp3) is 0.889. The van der Waals surface area contributed by atoms with Gasteiger partial charge in [-0.05, 0) is 18.4 Å². The van der Waals surface area contributed by atoms with Crippen LogP contribution in [0, 0.1) is 5.92 Å². The molecule has 0 saturated carbocycles. The number of carbonyl (C=O) groups is 1. The zero-order chi connectivity index (χ0) is 11.2. The minimum Gasteiger partial charge on any atom is -0.351 e. The van der Waals surface area contributed by atoms with E-state index in [2.05, 4.69) is 15.3 Å². The number of hydrogen-bond acceptors (Lipinski definition) is 2. The van der Waals surface area contributed by atoms with Crippen LogP contribution in [-0.4, -0.2) is 18.0 Å². The Labute approximate surface area is 84.5 Å². The van der Waals surface area contributed by atoms with Gasteiger partial charge in [0.1, 0.15) is 0 Å². The molecule has 0 aliphatic carbocycles. The summed E-state index contributed by atoms with van der Waals surface area (Å²) < 4.78 is 0. The highest BCUT2D eigenvalue weighted by Crippen LogP contribution is 2.17. The molecule has 0 aromatic carbocycles. The largest absolute Gasteiger partial charge is 0.351 e. The van der Waals surface area contributed by atoms with E-state index in [1.807, 2.05) is 20.8 Å². The molecule has 0 radical (unpaired) electrons. The first-order chi connectivity index (χ1) is 6.46. The number of hydrogen-bond donors (Lipinski definition) is 1. The lowest BCUT2D eigenvalue weighted by molar-refractivity contribution is -0.122. The first-order valence-corrected chi connectivity index (χ1v) is 4.78. The second-order valence-electron chi connectivity index (χ2n) is 3.86. The van der Waals surface area contributed by atoms with Crippen LogP contribution in [0.1, 0.15) is 34.1 Å². The number of azide groups is 1. The first kappa shape index (κ1) is 12.8. The molecule has 1 N–H and O–H groups in total. The topological polar surface area (TPSA) is 77.9 Å². The van der Waals surface area contributed by atoms with Crippen LogP contribution in [0.2, 0.25) is 0 Å². The molecule has 0 saturated heterocycles. The van der Waals surface area contributed by atoms with Crippen molar-refractivity contribution in [1.82, 2.24) is 5.32 Å². The smallest absolute Gasteiger partial charge is 0.220 e. The third kappa shape index (κ3) is 3.66. The van der Waals surface area contributed by atoms with Gasteiger partial charge in [-0.3, -0.25) is 4.79 Å². The maximum atomic E-state index is 11.2. The van der Waals surface area contributed by atoms with Gasteiger partial charge in [0.25, 0.3) is 0 Å². The van der Waals surface area contributed by atoms with Gasteiger partial charge in [0, 0.05) is 23.4 Å². The van der Waals surface area contributed by atoms with Crippen molar-refractivity contribution in [3.05, 3.63) is 10.4 Å². The molecule has 5 nitrogen and oxygen atoms in total. The molecule has 1 unspecified atom stereocenters. The fourth-order valence-corrected chi connectivity index (χ4v) is 0.952. The lowest BCUT2D eigenvalue weighted by Crippen LogP contribution is -2.52. The Morgan fingerprint density at radius 2 is 2.21 bits per heavy atom. The third-order valence-corrected chi connectivity index (χ3v) is 2.48. The zero-order valence-corrected chi connectivity index (χ0v) is 9.24. The van der Waals surface area contributed by atoms with Gasteiger partial charge in [0.05, 0.1) is 0 Å². The number of carbonyl (C=O) groups excluding carboxylic acids is 1. The molecule has 14 heavy (non-hydrogen) atoms. The van der Waals surface area contributed by atoms with Gasteiger partial charge in [-0.2, -0.15) is 0 Å². The molecule has 0 rings (SSSR count). The van der Waals surface area contributed by atoms with Crippen LogP contribution in [0.4, 0.5) is 0 Å². The molecule has 1 amide bonds. The van der Waals surface area contributed by atoms with Gasteiger partial charge >= 0.3 is 0 Å². The summed E-state index contributed by atoms with van der Waals surface area (Å²) in [6.07, 6.45) is 0.443. The minimum absolute atomic E-state index is 0.0191. The lowest BCUT2D eigenvalue weighted by atomic mass is 9.88. The number of amides is 1. The van der Waals surface area contributed by atoms with Crippen LogP contribution in [0.5, 0.6) is 0 Å². The summed E-state index contributed by atoms with van der Waals surface area (Å²) in [5.41, 5.74) is 7.80. The summed E-state index contributed by atoms with van der Waals surface area (Å²) in [5, 5.41) is 6.39. The SMILES string of the molecule is CCC(=O)NC(C)(CN=[N+]=[N-])C(C)C. The van der Waals surface area contributed by atoms with Crippen molar-refractivity contribution in [3.8, 4) is 0 Å². The molecule has 80 valence electrons. The molecule has 0 bridgehead atoms. The summed E-state index contributed by atoms with van der Waals surface area (Å²) in [4.78, 5) is 14.0. The van der Waals surface area contributed by atoms with E-state index < -0.39 is 5.54 Å². The zero-order valence-electron chi connectivity index (χ0n) is 9.24. The summed E-state index contributed by atoms with van der Waals surface area (Å²) in [7, 11) is 0. The van der Waals surface area contributed by atoms with Gasteiger partial charge < -0.3 is 5.32 Å². The maximum Gasteiger partial charge on any atom is 0.220 e. The van der Waals surface area contributed by atoms with Gasteiger partial charge in [-0.1, -0.05) is 25.9 Å². The quantitative estimate of drug-likeness (QED) is 0.410. The van der Waals surface area contributed by atoms with Crippen molar-refractivity contribution >= 4 is 5.91 Å². The van der Waals surface area contributed by atoms with E-state index in [0.29, 0.717) is 6.42 Å². The Hall–Kier alpha value is -1.22. The molecule has 0 aromatic rings. The molecular weight excluding hydrogens is 180 g/mol. The Morgan fingerprint density at radius 3 is 2.57 bits per heavy atom. The Bertz CT molecular complexity index is 245. The molecule has 0 fully saturated rings. The van der Waals surface area contributed by atoms with Crippen LogP contribution in [0.15, 0.2) is 5.11 Å². The molecule has 0 aliphatic rings. The summed E-state index contributed by atoms with van der Waals surface area (Å²) in [6, 6.07) is 0. The number of rotatable bonds is 5. The predicted molar refractivity (Wildman–Crippen MR) is 55.7 cm³/mol. The van der Waals surface area contributed by atoms with E-state index in [0.717, 1.165) is 0 Å². The van der Waals surface area contributed by atoms with Crippen molar-refractivity contribution < 1.29 is 4.79 Å². The number of nitrogens with one attached hydrogen (secondary N) is 1. The highest BCUT2D eigenvalue weighted by atomic mass is 16.1. The van der Waals surface area contributed by atoms with E-state index >= 15 is 0 Å². The Balaban J connectivity index is 4.54. The van der Waals surface area contributed by atoms with Crippen LogP contribution in [0.3, 0.4) is 0 Å². The first-order valence-electron chi connectivity index (χ1n) is 4.78. The standard InChI is InChI=1S/C9H18N4O/c1-5-8(14)12-9(4,7(2)3)6-11-13-10/h7H,5-6H2,1-4H3,(H,12,14). The van der Waals surface area contributed by atoms with Crippen LogP contribution < -0.4 is 5.32 Å². The average Bonchev–Trinajstić information content (AvgIpc) is 2.14. The molecular formula is C9H18N4O. The molecule has 5 heteroatoms. The lowest BCUT2D eigenvalue weighted by Gasteiger charge is -2.33. The van der Waals surface area contributed by atoms with Gasteiger partial charge in [0.2, 0.25) is 5.91 Å². The van der Waals surface area contributed by atoms with Crippen LogP contribution >= 0.6 is 0 Å². The molecule has 0 spiro atoms. The van der Waals surface area contributed by atoms with Gasteiger partial charge in [-0.25, -0.2) is 0 Å². The third-order valence-electron chi connectivity index (χ3n) is 2.48. The second-order valence-corrected chi connectivity index (χ2v) is 3.86. The average molecular weight is 198 g/mol. The van der Waals surface area contributed by atoms with Crippen LogP contribution in [-0.2, 0) is 4.79 Å². The summed E-state index contributed by atoms with van der Waals surface area (Å²) in [5.74, 6) is 0.206. The van der Waals surface area contributed by atoms with E-state index in [1.165, 1.54) is 0 Å². The Morgan fingerprint density at radius 1 is 1.64 bits per heavy atom. The summed E-state index contributed by atoms with van der Waals surface area (Å²) in [6.45, 7) is 7.95. The van der Waals surface area contributed by atoms with Crippen molar-refractivity contribution in [2.75, 3.05) is 6.54 Å². The van der Waals surface area contributed by atoms with Crippen molar-refractivity contribution in [2.24, 2.45) is 11.0 Å². The molecule has 0 aliphatic heterocycles. The van der Waals surface area contributed by atoms with E-state index in [1.54, 1.807) is 6.92 Å². The van der Waals surface area contributed by atoms with Gasteiger partial charge in [-0.15, -0.1) is 0 Å². The van der Waals surface area contributed by atoms with Crippen molar-refractivity contribution in [3.63, 3.8) is 0 Å². The fourth-order valence-electron chi connectivity index (χ4n) is 0.952. The second kappa shape index (κ2) is 5.50. The highest BCUT2D eigenvalue weighted by molar-refractivity contribution is 5.76.